The molecule has 0 spiro atoms. The number of aliphatic hydroxyl groups excluding tert-OH is 1. The molecule has 29 heavy (non-hydrogen) atoms. The molecule has 0 aliphatic heterocycles. The molecule has 0 aliphatic rings. The third-order valence-electron chi connectivity index (χ3n) is 4.44. The summed E-state index contributed by atoms with van der Waals surface area (Å²) in [7, 11) is -3.59. The third kappa shape index (κ3) is 6.53. The van der Waals surface area contributed by atoms with Gasteiger partial charge in [0.05, 0.1) is 11.0 Å². The Bertz CT molecular complexity index is 1010. The second-order valence-electron chi connectivity index (χ2n) is 6.64. The highest BCUT2D eigenvalue weighted by atomic mass is 127. The Morgan fingerprint density at radius 1 is 0.897 bits per heavy atom. The van der Waals surface area contributed by atoms with Crippen molar-refractivity contribution in [3.63, 3.8) is 0 Å². The number of rotatable bonds is 9. The maximum atomic E-state index is 12.4. The van der Waals surface area contributed by atoms with Crippen molar-refractivity contribution < 1.29 is 13.5 Å². The summed E-state index contributed by atoms with van der Waals surface area (Å²) in [6.07, 6.45) is 0.250. The molecule has 0 aromatic heterocycles. The monoisotopic (exact) mass is 522 g/mol. The molecule has 3 N–H and O–H groups in total. The summed E-state index contributed by atoms with van der Waals surface area (Å²) in [5.41, 5.74) is 2.51. The summed E-state index contributed by atoms with van der Waals surface area (Å²) >= 11 is 2.14. The molecule has 0 heterocycles. The summed E-state index contributed by atoms with van der Waals surface area (Å²) in [6, 6.07) is 23.6. The normalized spacial score (nSPS) is 12.5. The molecular formula is C22H23IN2O3S. The van der Waals surface area contributed by atoms with E-state index in [1.807, 2.05) is 42.5 Å². The molecule has 7 heteroatoms. The Kier molecular flexibility index (Phi) is 7.65. The van der Waals surface area contributed by atoms with Gasteiger partial charge in [0.15, 0.2) is 0 Å². The van der Waals surface area contributed by atoms with Crippen LogP contribution in [0.3, 0.4) is 0 Å². The van der Waals surface area contributed by atoms with Crippen LogP contribution in [-0.4, -0.2) is 26.6 Å². The lowest BCUT2D eigenvalue weighted by molar-refractivity contribution is 0.175. The minimum absolute atomic E-state index is 0.239. The zero-order valence-corrected chi connectivity index (χ0v) is 18.7. The molecule has 0 aliphatic carbocycles. The van der Waals surface area contributed by atoms with Crippen molar-refractivity contribution >= 4 is 38.3 Å². The van der Waals surface area contributed by atoms with Crippen LogP contribution in [0.4, 0.5) is 5.69 Å². The highest BCUT2D eigenvalue weighted by Gasteiger charge is 2.13. The van der Waals surface area contributed by atoms with E-state index in [1.165, 1.54) is 0 Å². The smallest absolute Gasteiger partial charge is 0.261 e. The van der Waals surface area contributed by atoms with Crippen LogP contribution >= 0.6 is 22.6 Å². The number of benzene rings is 3. The second kappa shape index (κ2) is 10.2. The predicted octanol–water partition coefficient (Wildman–Crippen LogP) is 3.96. The standard InChI is InChI=1S/C22H23IN2O3S/c23-19-8-12-21(13-9-19)29(27,28)25-20-10-6-17(7-11-20)14-15-24-16-22(26)18-4-2-1-3-5-18/h1-13,22,24-26H,14-16H2. The van der Waals surface area contributed by atoms with Gasteiger partial charge in [0.2, 0.25) is 0 Å². The summed E-state index contributed by atoms with van der Waals surface area (Å²) in [5.74, 6) is 0. The fourth-order valence-electron chi connectivity index (χ4n) is 2.83. The van der Waals surface area contributed by atoms with Crippen molar-refractivity contribution in [2.75, 3.05) is 17.8 Å². The van der Waals surface area contributed by atoms with Gasteiger partial charge in [-0.2, -0.15) is 0 Å². The fraction of sp³-hybridized carbons (Fsp3) is 0.182. The lowest BCUT2D eigenvalue weighted by Crippen LogP contribution is -2.23. The van der Waals surface area contributed by atoms with Gasteiger partial charge in [-0.25, -0.2) is 8.42 Å². The van der Waals surface area contributed by atoms with Crippen LogP contribution in [0, 0.1) is 3.57 Å². The molecule has 0 radical (unpaired) electrons. The molecule has 1 atom stereocenters. The number of halogens is 1. The summed E-state index contributed by atoms with van der Waals surface area (Å²) in [6.45, 7) is 1.20. The number of anilines is 1. The van der Waals surface area contributed by atoms with Crippen LogP contribution in [-0.2, 0) is 16.4 Å². The molecule has 3 rings (SSSR count). The maximum absolute atomic E-state index is 12.4. The number of hydrogen-bond acceptors (Lipinski definition) is 4. The van der Waals surface area contributed by atoms with E-state index in [1.54, 1.807) is 36.4 Å². The minimum atomic E-state index is -3.59. The number of nitrogens with one attached hydrogen (secondary N) is 2. The van der Waals surface area contributed by atoms with Gasteiger partial charge in [0, 0.05) is 15.8 Å². The highest BCUT2D eigenvalue weighted by molar-refractivity contribution is 14.1. The van der Waals surface area contributed by atoms with Crippen LogP contribution in [0.15, 0.2) is 83.8 Å². The van der Waals surface area contributed by atoms with E-state index in [2.05, 4.69) is 32.6 Å². The van der Waals surface area contributed by atoms with Crippen molar-refractivity contribution in [3.8, 4) is 0 Å². The predicted molar refractivity (Wildman–Crippen MR) is 124 cm³/mol. The van der Waals surface area contributed by atoms with Crippen molar-refractivity contribution in [2.24, 2.45) is 0 Å². The molecule has 1 unspecified atom stereocenters. The van der Waals surface area contributed by atoms with Crippen LogP contribution in [0.2, 0.25) is 0 Å². The third-order valence-corrected chi connectivity index (χ3v) is 6.56. The van der Waals surface area contributed by atoms with Crippen LogP contribution in [0.1, 0.15) is 17.2 Å². The Labute approximate surface area is 185 Å². The van der Waals surface area contributed by atoms with E-state index in [0.29, 0.717) is 12.2 Å². The quantitative estimate of drug-likeness (QED) is 0.294. The molecule has 0 saturated heterocycles. The van der Waals surface area contributed by atoms with Gasteiger partial charge in [0.25, 0.3) is 10.0 Å². The average Bonchev–Trinajstić information content (AvgIpc) is 2.73. The van der Waals surface area contributed by atoms with Crippen LogP contribution in [0.5, 0.6) is 0 Å². The molecule has 5 nitrogen and oxygen atoms in total. The van der Waals surface area contributed by atoms with Crippen molar-refractivity contribution in [3.05, 3.63) is 93.6 Å². The first kappa shape index (κ1) is 21.8. The van der Waals surface area contributed by atoms with Gasteiger partial charge in [0.1, 0.15) is 0 Å². The maximum Gasteiger partial charge on any atom is 0.261 e. The Balaban J connectivity index is 1.48. The molecular weight excluding hydrogens is 499 g/mol. The average molecular weight is 522 g/mol. The van der Waals surface area contributed by atoms with Crippen LogP contribution in [0.25, 0.3) is 0 Å². The molecule has 152 valence electrons. The first-order valence-corrected chi connectivity index (χ1v) is 11.8. The lowest BCUT2D eigenvalue weighted by atomic mass is 10.1. The van der Waals surface area contributed by atoms with Crippen molar-refractivity contribution in [2.45, 2.75) is 17.4 Å². The van der Waals surface area contributed by atoms with E-state index in [4.69, 9.17) is 0 Å². The van der Waals surface area contributed by atoms with E-state index in [-0.39, 0.29) is 4.90 Å². The number of sulfonamides is 1. The molecule has 0 amide bonds. The Morgan fingerprint density at radius 3 is 2.21 bits per heavy atom. The first-order chi connectivity index (χ1) is 13.9. The van der Waals surface area contributed by atoms with Gasteiger partial charge in [-0.1, -0.05) is 42.5 Å². The Morgan fingerprint density at radius 2 is 1.55 bits per heavy atom. The molecule has 0 fully saturated rings. The molecule has 0 bridgehead atoms. The zero-order valence-electron chi connectivity index (χ0n) is 15.8. The van der Waals surface area contributed by atoms with Crippen molar-refractivity contribution in [1.82, 2.24) is 5.32 Å². The van der Waals surface area contributed by atoms with E-state index in [9.17, 15) is 13.5 Å². The minimum Gasteiger partial charge on any atom is -0.387 e. The van der Waals surface area contributed by atoms with E-state index >= 15 is 0 Å². The summed E-state index contributed by atoms with van der Waals surface area (Å²) in [5, 5.41) is 13.4. The number of hydrogen-bond donors (Lipinski definition) is 3. The highest BCUT2D eigenvalue weighted by Crippen LogP contribution is 2.18. The lowest BCUT2D eigenvalue weighted by Gasteiger charge is -2.12. The van der Waals surface area contributed by atoms with Gasteiger partial charge in [-0.05, 0) is 83.1 Å². The van der Waals surface area contributed by atoms with Crippen molar-refractivity contribution in [1.29, 1.82) is 0 Å². The van der Waals surface area contributed by atoms with Gasteiger partial charge < -0.3 is 10.4 Å². The van der Waals surface area contributed by atoms with Gasteiger partial charge >= 0.3 is 0 Å². The topological polar surface area (TPSA) is 78.4 Å². The fourth-order valence-corrected chi connectivity index (χ4v) is 4.25. The first-order valence-electron chi connectivity index (χ1n) is 9.25. The summed E-state index contributed by atoms with van der Waals surface area (Å²) in [4.78, 5) is 0.239. The number of aliphatic hydroxyl groups is 1. The van der Waals surface area contributed by atoms with Gasteiger partial charge in [-0.3, -0.25) is 4.72 Å². The Hall–Kier alpha value is -1.94. The zero-order chi connectivity index (χ0) is 20.7. The van der Waals surface area contributed by atoms with Crippen LogP contribution < -0.4 is 10.0 Å². The SMILES string of the molecule is O=S(=O)(Nc1ccc(CCNCC(O)c2ccccc2)cc1)c1ccc(I)cc1. The second-order valence-corrected chi connectivity index (χ2v) is 9.56. The van der Waals surface area contributed by atoms with Gasteiger partial charge in [-0.15, -0.1) is 0 Å². The van der Waals surface area contributed by atoms with E-state index in [0.717, 1.165) is 27.7 Å². The summed E-state index contributed by atoms with van der Waals surface area (Å²) < 4.78 is 28.5. The molecule has 3 aromatic carbocycles. The molecule has 3 aromatic rings. The van der Waals surface area contributed by atoms with E-state index < -0.39 is 16.1 Å². The largest absolute Gasteiger partial charge is 0.387 e. The molecule has 0 saturated carbocycles.